The van der Waals surface area contributed by atoms with Crippen LogP contribution in [0.2, 0.25) is 0 Å². The second-order valence-electron chi connectivity index (χ2n) is 12.1. The molecule has 0 amide bonds. The molecule has 0 aliphatic carbocycles. The predicted molar refractivity (Wildman–Crippen MR) is 202 cm³/mol. The Morgan fingerprint density at radius 3 is 1.04 bits per heavy atom. The minimum absolute atomic E-state index is 0. The van der Waals surface area contributed by atoms with Crippen molar-refractivity contribution in [2.75, 3.05) is 10.7 Å². The van der Waals surface area contributed by atoms with E-state index >= 15 is 0 Å². The highest BCUT2D eigenvalue weighted by atomic mass is 79.9. The molecule has 0 unspecified atom stereocenters. The molecule has 2 nitrogen and oxygen atoms in total. The van der Waals surface area contributed by atoms with Crippen LogP contribution in [0.15, 0.2) is 97.6 Å². The lowest BCUT2D eigenvalue weighted by Gasteiger charge is -2.04. The summed E-state index contributed by atoms with van der Waals surface area (Å²) in [5.41, 5.74) is 8.54. The van der Waals surface area contributed by atoms with Gasteiger partial charge in [0.2, 0.25) is 0 Å². The van der Waals surface area contributed by atoms with Crippen LogP contribution < -0.4 is 9.13 Å². The van der Waals surface area contributed by atoms with Crippen molar-refractivity contribution in [3.63, 3.8) is 0 Å². The van der Waals surface area contributed by atoms with Crippen LogP contribution in [-0.2, 0) is 38.8 Å². The number of aryl methyl sites for hydroxylation is 8. The van der Waals surface area contributed by atoms with Crippen LogP contribution in [0.5, 0.6) is 0 Å². The van der Waals surface area contributed by atoms with Crippen LogP contribution in [0.4, 0.5) is 0 Å². The summed E-state index contributed by atoms with van der Waals surface area (Å²) < 4.78 is 4.60. The molecule has 0 bridgehead atoms. The van der Waals surface area contributed by atoms with Crippen molar-refractivity contribution in [1.29, 1.82) is 0 Å². The highest BCUT2D eigenvalue weighted by Gasteiger charge is 2.03. The number of nitrogens with zero attached hydrogens (tertiary/aromatic N) is 2. The van der Waals surface area contributed by atoms with Gasteiger partial charge < -0.3 is 0 Å². The van der Waals surface area contributed by atoms with Crippen molar-refractivity contribution < 1.29 is 9.13 Å². The molecule has 0 aliphatic rings. The Balaban J connectivity index is 0.000000355. The number of hydrogen-bond donors (Lipinski definition) is 0. The molecule has 4 heteroatoms. The third kappa shape index (κ3) is 17.3. The molecule has 2 aromatic carbocycles. The SMILES string of the molecule is BrCCCCc1ccc(CCCCBr)cc1.C.Cc1ccc[n+](CCCCc2ccc(CCCC[n+]3cccc(C)c3)cc2)c1. The van der Waals surface area contributed by atoms with Gasteiger partial charge in [-0.15, -0.1) is 0 Å². The average molecular weight is 739 g/mol. The maximum atomic E-state index is 3.47. The lowest BCUT2D eigenvalue weighted by molar-refractivity contribution is -0.697. The molecule has 0 N–H and O–H groups in total. The summed E-state index contributed by atoms with van der Waals surface area (Å²) in [6.45, 7) is 6.52. The van der Waals surface area contributed by atoms with Gasteiger partial charge in [-0.1, -0.05) is 87.8 Å². The number of unbranched alkanes of at least 4 members (excludes halogenated alkanes) is 4. The maximum Gasteiger partial charge on any atom is 0.171 e. The zero-order valence-electron chi connectivity index (χ0n) is 27.2. The first-order chi connectivity index (χ1) is 21.6. The monoisotopic (exact) mass is 736 g/mol. The lowest BCUT2D eigenvalue weighted by atomic mass is 10.0. The maximum absolute atomic E-state index is 3.47. The van der Waals surface area contributed by atoms with Gasteiger partial charge in [-0.3, -0.25) is 0 Å². The van der Waals surface area contributed by atoms with E-state index in [0.717, 1.165) is 23.7 Å². The quantitative estimate of drug-likeness (QED) is 0.0546. The van der Waals surface area contributed by atoms with E-state index in [1.165, 1.54) is 110 Å². The van der Waals surface area contributed by atoms with Crippen molar-refractivity contribution >= 4 is 31.9 Å². The Kier molecular flexibility index (Phi) is 20.7. The van der Waals surface area contributed by atoms with Crippen molar-refractivity contribution in [3.05, 3.63) is 131 Å². The zero-order chi connectivity index (χ0) is 31.2. The van der Waals surface area contributed by atoms with Crippen molar-refractivity contribution in [2.45, 2.75) is 111 Å². The molecule has 4 aromatic rings. The first-order valence-electron chi connectivity index (χ1n) is 16.7. The summed E-state index contributed by atoms with van der Waals surface area (Å²) in [5, 5.41) is 2.25. The van der Waals surface area contributed by atoms with Gasteiger partial charge in [0, 0.05) is 46.8 Å². The molecule has 0 saturated carbocycles. The van der Waals surface area contributed by atoms with E-state index in [9.17, 15) is 0 Å². The fraction of sp³-hybridized carbons (Fsp3) is 0.463. The van der Waals surface area contributed by atoms with Gasteiger partial charge in [-0.05, 0) is 112 Å². The Morgan fingerprint density at radius 2 is 0.756 bits per heavy atom. The first-order valence-corrected chi connectivity index (χ1v) is 19.0. The van der Waals surface area contributed by atoms with Gasteiger partial charge in [-0.25, -0.2) is 9.13 Å². The van der Waals surface area contributed by atoms with E-state index in [-0.39, 0.29) is 7.43 Å². The Labute approximate surface area is 292 Å². The average Bonchev–Trinajstić information content (AvgIpc) is 3.03. The molecular weight excluding hydrogens is 680 g/mol. The molecule has 0 spiro atoms. The molecule has 0 saturated heterocycles. The summed E-state index contributed by atoms with van der Waals surface area (Å²) in [6, 6.07) is 27.0. The predicted octanol–water partition coefficient (Wildman–Crippen LogP) is 10.7. The normalized spacial score (nSPS) is 10.6. The molecule has 2 heterocycles. The van der Waals surface area contributed by atoms with Crippen LogP contribution in [0.1, 0.15) is 92.2 Å². The fourth-order valence-corrected chi connectivity index (χ4v) is 6.22. The van der Waals surface area contributed by atoms with Gasteiger partial charge in [0.1, 0.15) is 13.1 Å². The summed E-state index contributed by atoms with van der Waals surface area (Å²) >= 11 is 6.93. The fourth-order valence-electron chi connectivity index (χ4n) is 5.42. The molecule has 0 atom stereocenters. The van der Waals surface area contributed by atoms with E-state index in [2.05, 4.69) is 152 Å². The molecule has 0 fully saturated rings. The van der Waals surface area contributed by atoms with Gasteiger partial charge in [0.05, 0.1) is 0 Å². The standard InChI is InChI=1S/C26H34N2.C14H20Br2.CH4/c1-23-9-7-19-27(21-23)17-5-3-11-25-13-15-26(16-14-25)12-4-6-18-28-20-8-10-24(2)22-28;15-11-3-1-5-13-7-9-14(10-8-13)6-2-4-12-16;/h7-10,13-16,19-22H,3-6,11-12,17-18H2,1-2H3;7-10H,1-6,11-12H2;1H4/q+2;;. The number of aromatic nitrogens is 2. The summed E-state index contributed by atoms with van der Waals surface area (Å²) in [7, 11) is 0. The first kappa shape index (κ1) is 38.9. The van der Waals surface area contributed by atoms with E-state index < -0.39 is 0 Å². The molecule has 0 aliphatic heterocycles. The highest BCUT2D eigenvalue weighted by molar-refractivity contribution is 9.09. The third-order valence-corrected chi connectivity index (χ3v) is 9.14. The number of hydrogen-bond acceptors (Lipinski definition) is 0. The minimum atomic E-state index is 0. The van der Waals surface area contributed by atoms with Crippen molar-refractivity contribution in [3.8, 4) is 0 Å². The lowest BCUT2D eigenvalue weighted by Crippen LogP contribution is -2.32. The number of rotatable bonds is 18. The second kappa shape index (κ2) is 24.0. The zero-order valence-corrected chi connectivity index (χ0v) is 30.4. The molecule has 244 valence electrons. The third-order valence-electron chi connectivity index (χ3n) is 8.02. The van der Waals surface area contributed by atoms with Gasteiger partial charge in [0.15, 0.2) is 24.8 Å². The Hall–Kier alpha value is -2.30. The topological polar surface area (TPSA) is 7.76 Å². The number of halogens is 2. The van der Waals surface area contributed by atoms with Gasteiger partial charge >= 0.3 is 0 Å². The molecular formula is C41H58Br2N2+2. The van der Waals surface area contributed by atoms with Crippen LogP contribution >= 0.6 is 31.9 Å². The van der Waals surface area contributed by atoms with Crippen molar-refractivity contribution in [2.24, 2.45) is 0 Å². The Bertz CT molecular complexity index is 1200. The van der Waals surface area contributed by atoms with Crippen LogP contribution in [0.3, 0.4) is 0 Å². The number of benzene rings is 2. The van der Waals surface area contributed by atoms with E-state index in [1.807, 2.05) is 0 Å². The Morgan fingerprint density at radius 1 is 0.444 bits per heavy atom. The highest BCUT2D eigenvalue weighted by Crippen LogP contribution is 2.12. The van der Waals surface area contributed by atoms with Gasteiger partial charge in [0.25, 0.3) is 0 Å². The van der Waals surface area contributed by atoms with Crippen LogP contribution in [0, 0.1) is 13.8 Å². The van der Waals surface area contributed by atoms with Crippen LogP contribution in [-0.4, -0.2) is 10.7 Å². The summed E-state index contributed by atoms with van der Waals surface area (Å²) in [5.74, 6) is 0. The number of pyridine rings is 2. The van der Waals surface area contributed by atoms with Crippen molar-refractivity contribution in [1.82, 2.24) is 0 Å². The molecule has 0 radical (unpaired) electrons. The molecule has 45 heavy (non-hydrogen) atoms. The summed E-state index contributed by atoms with van der Waals surface area (Å²) in [4.78, 5) is 0. The smallest absolute Gasteiger partial charge is 0.171 e. The van der Waals surface area contributed by atoms with Crippen LogP contribution in [0.25, 0.3) is 0 Å². The van der Waals surface area contributed by atoms with E-state index in [4.69, 9.17) is 0 Å². The minimum Gasteiger partial charge on any atom is -0.205 e. The van der Waals surface area contributed by atoms with Gasteiger partial charge in [-0.2, -0.15) is 0 Å². The second-order valence-corrected chi connectivity index (χ2v) is 13.7. The largest absolute Gasteiger partial charge is 0.205 e. The van der Waals surface area contributed by atoms with E-state index in [0.29, 0.717) is 0 Å². The molecule has 2 aromatic heterocycles. The van der Waals surface area contributed by atoms with E-state index in [1.54, 1.807) is 0 Å². The summed E-state index contributed by atoms with van der Waals surface area (Å²) in [6.07, 6.45) is 23.6. The molecule has 4 rings (SSSR count). The number of alkyl halides is 2.